The summed E-state index contributed by atoms with van der Waals surface area (Å²) in [6.45, 7) is 3.21. The Balaban J connectivity index is 3.36. The molecule has 1 rings (SSSR count). The number of rotatable bonds is 2. The molecule has 0 spiro atoms. The first-order valence-corrected chi connectivity index (χ1v) is 3.43. The summed E-state index contributed by atoms with van der Waals surface area (Å²) in [5.41, 5.74) is -0.663. The molecule has 1 radical (unpaired) electrons. The molecule has 0 unspecified atom stereocenters. The molecule has 0 nitrogen and oxygen atoms in total. The first-order valence-electron chi connectivity index (χ1n) is 3.43. The fourth-order valence-electron chi connectivity index (χ4n) is 0.891. The van der Waals surface area contributed by atoms with Crippen LogP contribution in [0.1, 0.15) is 5.56 Å². The van der Waals surface area contributed by atoms with Crippen LogP contribution in [0.5, 0.6) is 0 Å². The summed E-state index contributed by atoms with van der Waals surface area (Å²) in [6, 6.07) is 1.29. The van der Waals surface area contributed by atoms with Crippen LogP contribution in [0.15, 0.2) is 12.7 Å². The molecule has 0 aromatic heterocycles. The van der Waals surface area contributed by atoms with Crippen LogP contribution in [-0.4, -0.2) is 0 Å². The lowest BCUT2D eigenvalue weighted by Gasteiger charge is -2.02. The quantitative estimate of drug-likeness (QED) is 0.381. The third kappa shape index (κ3) is 1.71. The van der Waals surface area contributed by atoms with Gasteiger partial charge in [-0.25, -0.2) is 17.6 Å². The molecule has 1 aromatic carbocycles. The van der Waals surface area contributed by atoms with Crippen LogP contribution in [0.4, 0.5) is 17.6 Å². The van der Waals surface area contributed by atoms with E-state index in [1.165, 1.54) is 6.07 Å². The van der Waals surface area contributed by atoms with Gasteiger partial charge in [-0.1, -0.05) is 6.08 Å². The average molecular weight is 189 g/mol. The maximum Gasteiger partial charge on any atom is 0.170 e. The molecule has 1 aromatic rings. The molecule has 0 atom stereocenters. The molecule has 0 aliphatic rings. The van der Waals surface area contributed by atoms with Crippen molar-refractivity contribution in [2.75, 3.05) is 0 Å². The zero-order chi connectivity index (χ0) is 10.0. The summed E-state index contributed by atoms with van der Waals surface area (Å²) in [4.78, 5) is 0. The monoisotopic (exact) mass is 189 g/mol. The molecule has 0 saturated heterocycles. The lowest BCUT2D eigenvalue weighted by Crippen LogP contribution is -2.01. The highest BCUT2D eigenvalue weighted by Gasteiger charge is 2.17. The maximum atomic E-state index is 12.8. The molecular formula is C9H5F4. The van der Waals surface area contributed by atoms with Crippen molar-refractivity contribution >= 4 is 0 Å². The van der Waals surface area contributed by atoms with Crippen LogP contribution in [0.3, 0.4) is 0 Å². The minimum absolute atomic E-state index is 0.264. The highest BCUT2D eigenvalue weighted by atomic mass is 19.2. The van der Waals surface area contributed by atoms with E-state index in [2.05, 4.69) is 6.58 Å². The minimum atomic E-state index is -1.52. The standard InChI is InChI=1S/C9H5F4/c1-2-3-5-8(12)6(10)4-7(11)9(5)13/h2H,1,3H2. The van der Waals surface area contributed by atoms with Gasteiger partial charge in [0.2, 0.25) is 0 Å². The number of allylic oxidation sites excluding steroid dienone is 1. The Morgan fingerprint density at radius 3 is 1.92 bits per heavy atom. The highest BCUT2D eigenvalue weighted by molar-refractivity contribution is 5.23. The Labute approximate surface area is 72.5 Å². The normalized spacial score (nSPS) is 10.2. The van der Waals surface area contributed by atoms with Gasteiger partial charge < -0.3 is 0 Å². The van der Waals surface area contributed by atoms with Crippen LogP contribution in [0.2, 0.25) is 0 Å². The summed E-state index contributed by atoms with van der Waals surface area (Å²) in [5, 5.41) is 0. The number of benzene rings is 1. The van der Waals surface area contributed by atoms with Crippen LogP contribution < -0.4 is 0 Å². The van der Waals surface area contributed by atoms with E-state index < -0.39 is 28.8 Å². The average Bonchev–Trinajstić information content (AvgIpc) is 2.09. The van der Waals surface area contributed by atoms with E-state index in [0.29, 0.717) is 0 Å². The second-order valence-corrected chi connectivity index (χ2v) is 2.35. The van der Waals surface area contributed by atoms with Crippen molar-refractivity contribution in [2.45, 2.75) is 6.42 Å². The molecule has 69 valence electrons. The van der Waals surface area contributed by atoms with Gasteiger partial charge in [0.25, 0.3) is 0 Å². The van der Waals surface area contributed by atoms with Gasteiger partial charge in [0.15, 0.2) is 23.3 Å². The fourth-order valence-corrected chi connectivity index (χ4v) is 0.891. The molecule has 0 aliphatic heterocycles. The summed E-state index contributed by atoms with van der Waals surface area (Å²) in [5.74, 6) is -5.87. The Morgan fingerprint density at radius 2 is 1.54 bits per heavy atom. The van der Waals surface area contributed by atoms with E-state index in [-0.39, 0.29) is 6.42 Å². The van der Waals surface area contributed by atoms with E-state index in [9.17, 15) is 17.6 Å². The van der Waals surface area contributed by atoms with Crippen molar-refractivity contribution < 1.29 is 17.6 Å². The zero-order valence-electron chi connectivity index (χ0n) is 6.50. The number of halogens is 4. The second kappa shape index (κ2) is 3.60. The van der Waals surface area contributed by atoms with Crippen molar-refractivity contribution in [3.63, 3.8) is 0 Å². The number of hydrogen-bond donors (Lipinski definition) is 0. The molecule has 0 aliphatic carbocycles. The SMILES string of the molecule is C=CCc1c(F)c(F)[c]c(F)c1F. The zero-order valence-corrected chi connectivity index (χ0v) is 6.50. The van der Waals surface area contributed by atoms with Crippen molar-refractivity contribution in [3.8, 4) is 0 Å². The van der Waals surface area contributed by atoms with Crippen molar-refractivity contribution in [1.29, 1.82) is 0 Å². The summed E-state index contributed by atoms with van der Waals surface area (Å²) in [6.07, 6.45) is 0.889. The molecule has 0 bridgehead atoms. The molecule has 4 heteroatoms. The Kier molecular flexibility index (Phi) is 2.70. The lowest BCUT2D eigenvalue weighted by atomic mass is 10.1. The maximum absolute atomic E-state index is 12.8. The van der Waals surface area contributed by atoms with Crippen molar-refractivity contribution in [3.05, 3.63) is 47.6 Å². The molecular weight excluding hydrogens is 184 g/mol. The second-order valence-electron chi connectivity index (χ2n) is 2.35. The van der Waals surface area contributed by atoms with Gasteiger partial charge in [0.05, 0.1) is 6.07 Å². The Bertz CT molecular complexity index is 318. The fraction of sp³-hybridized carbons (Fsp3) is 0.111. The van der Waals surface area contributed by atoms with Crippen molar-refractivity contribution in [2.24, 2.45) is 0 Å². The largest absolute Gasteiger partial charge is 0.203 e. The highest BCUT2D eigenvalue weighted by Crippen LogP contribution is 2.19. The third-order valence-corrected chi connectivity index (χ3v) is 1.48. The van der Waals surface area contributed by atoms with Gasteiger partial charge in [-0.3, -0.25) is 0 Å². The summed E-state index contributed by atoms with van der Waals surface area (Å²) in [7, 11) is 0. The van der Waals surface area contributed by atoms with Crippen LogP contribution in [0, 0.1) is 29.3 Å². The van der Waals surface area contributed by atoms with Gasteiger partial charge in [0.1, 0.15) is 0 Å². The van der Waals surface area contributed by atoms with Gasteiger partial charge >= 0.3 is 0 Å². The van der Waals surface area contributed by atoms with Gasteiger partial charge in [-0.2, -0.15) is 0 Å². The molecule has 0 amide bonds. The van der Waals surface area contributed by atoms with E-state index in [1.54, 1.807) is 0 Å². The Morgan fingerprint density at radius 1 is 1.08 bits per heavy atom. The molecule has 13 heavy (non-hydrogen) atoms. The number of hydrogen-bond acceptors (Lipinski definition) is 0. The van der Waals surface area contributed by atoms with Crippen molar-refractivity contribution in [1.82, 2.24) is 0 Å². The predicted octanol–water partition coefficient (Wildman–Crippen LogP) is 2.77. The minimum Gasteiger partial charge on any atom is -0.203 e. The van der Waals surface area contributed by atoms with Crippen LogP contribution in [-0.2, 0) is 6.42 Å². The third-order valence-electron chi connectivity index (χ3n) is 1.48. The molecule has 0 fully saturated rings. The predicted molar refractivity (Wildman–Crippen MR) is 39.0 cm³/mol. The molecule has 0 heterocycles. The summed E-state index contributed by atoms with van der Waals surface area (Å²) >= 11 is 0. The van der Waals surface area contributed by atoms with E-state index in [1.807, 2.05) is 0 Å². The van der Waals surface area contributed by atoms with E-state index in [4.69, 9.17) is 0 Å². The Hall–Kier alpha value is -1.32. The van der Waals surface area contributed by atoms with Gasteiger partial charge in [0, 0.05) is 5.56 Å². The summed E-state index contributed by atoms with van der Waals surface area (Å²) < 4.78 is 50.5. The van der Waals surface area contributed by atoms with E-state index >= 15 is 0 Å². The van der Waals surface area contributed by atoms with Gasteiger partial charge in [-0.05, 0) is 6.42 Å². The molecule has 0 N–H and O–H groups in total. The topological polar surface area (TPSA) is 0 Å². The van der Waals surface area contributed by atoms with E-state index in [0.717, 1.165) is 6.08 Å². The van der Waals surface area contributed by atoms with Crippen LogP contribution in [0.25, 0.3) is 0 Å². The smallest absolute Gasteiger partial charge is 0.170 e. The first kappa shape index (κ1) is 9.77. The van der Waals surface area contributed by atoms with Crippen LogP contribution >= 0.6 is 0 Å². The van der Waals surface area contributed by atoms with Gasteiger partial charge in [-0.15, -0.1) is 6.58 Å². The first-order chi connectivity index (χ1) is 6.07. The lowest BCUT2D eigenvalue weighted by molar-refractivity contribution is 0.440. The molecule has 0 saturated carbocycles.